The lowest BCUT2D eigenvalue weighted by Crippen LogP contribution is -2.30. The molecule has 6 heteroatoms. The van der Waals surface area contributed by atoms with E-state index in [9.17, 15) is 9.59 Å². The molecule has 0 aromatic heterocycles. The second-order valence-corrected chi connectivity index (χ2v) is 3.88. The molecule has 0 saturated carbocycles. The third-order valence-corrected chi connectivity index (χ3v) is 2.78. The molecule has 2 aliphatic rings. The molecule has 88 valence electrons. The van der Waals surface area contributed by atoms with Gasteiger partial charge in [0.25, 0.3) is 0 Å². The highest BCUT2D eigenvalue weighted by Crippen LogP contribution is 2.29. The van der Waals surface area contributed by atoms with Crippen molar-refractivity contribution in [1.29, 1.82) is 0 Å². The van der Waals surface area contributed by atoms with Crippen LogP contribution in [0.3, 0.4) is 0 Å². The maximum Gasteiger partial charge on any atom is 0.340 e. The fourth-order valence-corrected chi connectivity index (χ4v) is 1.88. The van der Waals surface area contributed by atoms with Crippen molar-refractivity contribution in [3.63, 3.8) is 0 Å². The van der Waals surface area contributed by atoms with Crippen LogP contribution in [0, 0.1) is 5.92 Å². The summed E-state index contributed by atoms with van der Waals surface area (Å²) in [5, 5.41) is 9.16. The van der Waals surface area contributed by atoms with Crippen molar-refractivity contribution < 1.29 is 19.4 Å². The minimum absolute atomic E-state index is 0.336. The van der Waals surface area contributed by atoms with Gasteiger partial charge in [-0.15, -0.1) is 0 Å². The van der Waals surface area contributed by atoms with Crippen LogP contribution >= 0.6 is 11.6 Å². The number of nitrogens with zero attached hydrogens (tertiary/aromatic N) is 1. The average Bonchev–Trinajstić information content (AvgIpc) is 2.28. The maximum atomic E-state index is 11.9. The van der Waals surface area contributed by atoms with E-state index >= 15 is 0 Å². The van der Waals surface area contributed by atoms with E-state index in [4.69, 9.17) is 21.4 Å². The largest absolute Gasteiger partial charge is 0.495 e. The standard InChI is InChI=1S/C11H8ClNO4/c1-17-9-2-5-8(3-7(9)12)13-4-6(10(5)14)11(15)16/h2-5H,1H3,(H,15,16). The zero-order valence-electron chi connectivity index (χ0n) is 8.81. The van der Waals surface area contributed by atoms with E-state index in [2.05, 4.69) is 4.99 Å². The van der Waals surface area contributed by atoms with Crippen molar-refractivity contribution >= 4 is 29.1 Å². The Morgan fingerprint density at radius 3 is 2.88 bits per heavy atom. The molecule has 0 radical (unpaired) electrons. The van der Waals surface area contributed by atoms with Gasteiger partial charge < -0.3 is 9.84 Å². The van der Waals surface area contributed by atoms with Crippen LogP contribution in [0.1, 0.15) is 0 Å². The lowest BCUT2D eigenvalue weighted by atomic mass is 9.87. The number of aliphatic imine (C=N–C) groups is 1. The first-order chi connectivity index (χ1) is 8.04. The fraction of sp³-hybridized carbons (Fsp3) is 0.182. The van der Waals surface area contributed by atoms with Crippen LogP contribution < -0.4 is 0 Å². The van der Waals surface area contributed by atoms with Gasteiger partial charge in [0.15, 0.2) is 5.78 Å². The predicted octanol–water partition coefficient (Wildman–Crippen LogP) is 1.26. The lowest BCUT2D eigenvalue weighted by Gasteiger charge is -2.21. The molecule has 0 saturated heterocycles. The zero-order chi connectivity index (χ0) is 12.6. The van der Waals surface area contributed by atoms with Gasteiger partial charge in [-0.25, -0.2) is 4.79 Å². The zero-order valence-corrected chi connectivity index (χ0v) is 9.56. The molecule has 0 fully saturated rings. The summed E-state index contributed by atoms with van der Waals surface area (Å²) >= 11 is 5.89. The molecule has 0 spiro atoms. The van der Waals surface area contributed by atoms with Crippen LogP contribution in [-0.4, -0.2) is 29.7 Å². The maximum absolute atomic E-state index is 11.9. The molecule has 1 N–H and O–H groups in total. The Morgan fingerprint density at radius 1 is 1.59 bits per heavy atom. The van der Waals surface area contributed by atoms with E-state index in [0.717, 1.165) is 6.20 Å². The molecule has 0 aromatic rings. The summed E-state index contributed by atoms with van der Waals surface area (Å²) in [5.41, 5.74) is 0.0858. The molecule has 0 amide bonds. The molecular weight excluding hydrogens is 246 g/mol. The van der Waals surface area contributed by atoms with Gasteiger partial charge in [0.05, 0.1) is 23.8 Å². The number of hydrogen-bond acceptors (Lipinski definition) is 4. The van der Waals surface area contributed by atoms with Crippen LogP contribution in [0.2, 0.25) is 0 Å². The fourth-order valence-electron chi connectivity index (χ4n) is 1.63. The normalized spacial score (nSPS) is 22.9. The summed E-state index contributed by atoms with van der Waals surface area (Å²) < 4.78 is 4.98. The average molecular weight is 254 g/mol. The number of Topliss-reactive ketones (excluding diaryl/α,β-unsaturated/α-hetero) is 1. The van der Waals surface area contributed by atoms with Crippen molar-refractivity contribution in [2.75, 3.05) is 7.11 Å². The van der Waals surface area contributed by atoms with Gasteiger partial charge in [-0.3, -0.25) is 9.79 Å². The van der Waals surface area contributed by atoms with E-state index < -0.39 is 17.7 Å². The minimum Gasteiger partial charge on any atom is -0.495 e. The van der Waals surface area contributed by atoms with Crippen molar-refractivity contribution in [3.05, 3.63) is 34.7 Å². The predicted molar refractivity (Wildman–Crippen MR) is 60.7 cm³/mol. The molecule has 17 heavy (non-hydrogen) atoms. The summed E-state index contributed by atoms with van der Waals surface area (Å²) in [6, 6.07) is 0. The number of halogens is 1. The number of carbonyl (C=O) groups is 2. The Labute approximate surface area is 102 Å². The summed E-state index contributed by atoms with van der Waals surface area (Å²) in [7, 11) is 1.42. The van der Waals surface area contributed by atoms with Gasteiger partial charge in [0, 0.05) is 6.20 Å². The van der Waals surface area contributed by atoms with Gasteiger partial charge in [0.2, 0.25) is 0 Å². The van der Waals surface area contributed by atoms with Crippen LogP contribution in [0.15, 0.2) is 39.7 Å². The molecule has 0 bridgehead atoms. The van der Waals surface area contributed by atoms with E-state index in [1.54, 1.807) is 0 Å². The SMILES string of the molecule is COC1=CC2C(=O)C(C(=O)O)=CN=C2C=C1Cl. The number of ketones is 1. The van der Waals surface area contributed by atoms with Gasteiger partial charge in [-0.2, -0.15) is 0 Å². The van der Waals surface area contributed by atoms with Crippen molar-refractivity contribution in [2.45, 2.75) is 0 Å². The quantitative estimate of drug-likeness (QED) is 0.752. The van der Waals surface area contributed by atoms with Crippen LogP contribution in [0.5, 0.6) is 0 Å². The number of rotatable bonds is 2. The Hall–Kier alpha value is -1.88. The van der Waals surface area contributed by atoms with E-state index in [-0.39, 0.29) is 5.57 Å². The first-order valence-corrected chi connectivity index (χ1v) is 5.11. The smallest absolute Gasteiger partial charge is 0.340 e. The highest BCUT2D eigenvalue weighted by Gasteiger charge is 2.34. The Kier molecular flexibility index (Phi) is 2.85. The number of carbonyl (C=O) groups excluding carboxylic acids is 1. The van der Waals surface area contributed by atoms with Gasteiger partial charge in [-0.1, -0.05) is 11.6 Å². The number of carboxylic acid groups (broad SMARTS) is 1. The summed E-state index contributed by atoms with van der Waals surface area (Å²) in [6.07, 6.45) is 4.01. The second kappa shape index (κ2) is 4.18. The van der Waals surface area contributed by atoms with E-state index in [0.29, 0.717) is 16.5 Å². The van der Waals surface area contributed by atoms with E-state index in [1.807, 2.05) is 0 Å². The Morgan fingerprint density at radius 2 is 2.29 bits per heavy atom. The molecule has 1 heterocycles. The van der Waals surface area contributed by atoms with Crippen molar-refractivity contribution in [2.24, 2.45) is 10.9 Å². The summed E-state index contributed by atoms with van der Waals surface area (Å²) in [5.74, 6) is -2.19. The highest BCUT2D eigenvalue weighted by molar-refractivity contribution is 6.36. The van der Waals surface area contributed by atoms with Crippen LogP contribution in [0.25, 0.3) is 0 Å². The van der Waals surface area contributed by atoms with E-state index in [1.165, 1.54) is 19.3 Å². The lowest BCUT2D eigenvalue weighted by molar-refractivity contribution is -0.134. The number of fused-ring (bicyclic) bond motifs is 1. The van der Waals surface area contributed by atoms with Crippen molar-refractivity contribution in [3.8, 4) is 0 Å². The number of carboxylic acids is 1. The molecule has 1 unspecified atom stereocenters. The molecule has 1 aliphatic heterocycles. The molecule has 0 aromatic carbocycles. The van der Waals surface area contributed by atoms with Crippen LogP contribution in [0.4, 0.5) is 0 Å². The third kappa shape index (κ3) is 1.89. The Balaban J connectivity index is 2.46. The third-order valence-electron chi connectivity index (χ3n) is 2.49. The number of aliphatic carboxylic acids is 1. The molecule has 2 rings (SSSR count). The first kappa shape index (κ1) is 11.6. The molecular formula is C11H8ClNO4. The van der Waals surface area contributed by atoms with Gasteiger partial charge >= 0.3 is 5.97 Å². The van der Waals surface area contributed by atoms with Crippen molar-refractivity contribution in [1.82, 2.24) is 0 Å². The highest BCUT2D eigenvalue weighted by atomic mass is 35.5. The first-order valence-electron chi connectivity index (χ1n) is 4.73. The Bertz CT molecular complexity index is 528. The number of ether oxygens (including phenoxy) is 1. The van der Waals surface area contributed by atoms with Gasteiger partial charge in [0.1, 0.15) is 11.3 Å². The topological polar surface area (TPSA) is 76.0 Å². The number of allylic oxidation sites excluding steroid dienone is 3. The van der Waals surface area contributed by atoms with Gasteiger partial charge in [-0.05, 0) is 12.2 Å². The molecule has 1 aliphatic carbocycles. The molecule has 5 nitrogen and oxygen atoms in total. The summed E-state index contributed by atoms with van der Waals surface area (Å²) in [6.45, 7) is 0. The number of methoxy groups -OCH3 is 1. The van der Waals surface area contributed by atoms with Crippen LogP contribution in [-0.2, 0) is 14.3 Å². The minimum atomic E-state index is -1.29. The number of hydrogen-bond donors (Lipinski definition) is 1. The molecule has 1 atom stereocenters. The second-order valence-electron chi connectivity index (χ2n) is 3.47. The monoisotopic (exact) mass is 253 g/mol. The summed E-state index contributed by atoms with van der Waals surface area (Å²) in [4.78, 5) is 26.6.